The van der Waals surface area contributed by atoms with Crippen molar-refractivity contribution in [3.8, 4) is 0 Å². The van der Waals surface area contributed by atoms with Gasteiger partial charge in [-0.3, -0.25) is 15.0 Å². The van der Waals surface area contributed by atoms with E-state index >= 15 is 0 Å². The lowest BCUT2D eigenvalue weighted by molar-refractivity contribution is -0.384. The highest BCUT2D eigenvalue weighted by Gasteiger charge is 2.21. The molecule has 1 aliphatic rings. The van der Waals surface area contributed by atoms with Gasteiger partial charge in [0.25, 0.3) is 5.69 Å². The lowest BCUT2D eigenvalue weighted by Gasteiger charge is -2.26. The molecule has 1 heterocycles. The first-order valence-corrected chi connectivity index (χ1v) is 8.61. The SMILES string of the molecule is Cc1ccc([N+](=O)[O-])c(NCCN2CCS(=O)(=O)CC2)c1. The van der Waals surface area contributed by atoms with Gasteiger partial charge in [0.05, 0.1) is 16.4 Å². The quantitative estimate of drug-likeness (QED) is 0.645. The van der Waals surface area contributed by atoms with Crippen LogP contribution in [0.15, 0.2) is 18.2 Å². The second kappa shape index (κ2) is 6.40. The minimum atomic E-state index is -2.87. The van der Waals surface area contributed by atoms with E-state index in [4.69, 9.17) is 0 Å². The van der Waals surface area contributed by atoms with Crippen LogP contribution in [0, 0.1) is 17.0 Å². The Morgan fingerprint density at radius 3 is 2.62 bits per heavy atom. The van der Waals surface area contributed by atoms with Crippen LogP contribution in [-0.2, 0) is 9.84 Å². The number of rotatable bonds is 5. The molecule has 8 heteroatoms. The van der Waals surface area contributed by atoms with E-state index in [1.165, 1.54) is 6.07 Å². The van der Waals surface area contributed by atoms with Crippen molar-refractivity contribution in [2.45, 2.75) is 6.92 Å². The fraction of sp³-hybridized carbons (Fsp3) is 0.538. The maximum atomic E-state index is 11.3. The van der Waals surface area contributed by atoms with Crippen LogP contribution in [0.3, 0.4) is 0 Å². The summed E-state index contributed by atoms with van der Waals surface area (Å²) in [6.07, 6.45) is 0. The van der Waals surface area contributed by atoms with Crippen LogP contribution in [0.4, 0.5) is 11.4 Å². The molecule has 0 bridgehead atoms. The van der Waals surface area contributed by atoms with Crippen LogP contribution in [0.1, 0.15) is 5.56 Å². The third-order valence-corrected chi connectivity index (χ3v) is 5.14. The van der Waals surface area contributed by atoms with Crippen molar-refractivity contribution in [2.24, 2.45) is 0 Å². The number of aryl methyl sites for hydroxylation is 1. The third-order valence-electron chi connectivity index (χ3n) is 3.53. The Bertz CT molecular complexity index is 616. The van der Waals surface area contributed by atoms with Crippen molar-refractivity contribution in [3.05, 3.63) is 33.9 Å². The van der Waals surface area contributed by atoms with Gasteiger partial charge in [-0.25, -0.2) is 8.42 Å². The van der Waals surface area contributed by atoms with E-state index in [1.807, 2.05) is 6.92 Å². The van der Waals surface area contributed by atoms with Gasteiger partial charge in [-0.05, 0) is 18.6 Å². The fourth-order valence-corrected chi connectivity index (χ4v) is 3.55. The summed E-state index contributed by atoms with van der Waals surface area (Å²) in [5.41, 5.74) is 1.51. The van der Waals surface area contributed by atoms with Crippen molar-refractivity contribution in [2.75, 3.05) is 43.0 Å². The van der Waals surface area contributed by atoms with Crippen LogP contribution >= 0.6 is 0 Å². The van der Waals surface area contributed by atoms with Gasteiger partial charge in [0.2, 0.25) is 0 Å². The molecule has 2 rings (SSSR count). The normalized spacial score (nSPS) is 18.3. The van der Waals surface area contributed by atoms with Crippen molar-refractivity contribution >= 4 is 21.2 Å². The molecule has 1 aliphatic heterocycles. The summed E-state index contributed by atoms with van der Waals surface area (Å²) in [4.78, 5) is 12.6. The summed E-state index contributed by atoms with van der Waals surface area (Å²) in [5.74, 6) is 0.384. The van der Waals surface area contributed by atoms with E-state index in [9.17, 15) is 18.5 Å². The predicted molar refractivity (Wildman–Crippen MR) is 81.4 cm³/mol. The Labute approximate surface area is 124 Å². The van der Waals surface area contributed by atoms with Gasteiger partial charge in [0, 0.05) is 32.2 Å². The number of sulfone groups is 1. The van der Waals surface area contributed by atoms with E-state index in [2.05, 4.69) is 10.2 Å². The zero-order valence-corrected chi connectivity index (χ0v) is 12.7. The molecule has 0 aliphatic carbocycles. The summed E-state index contributed by atoms with van der Waals surface area (Å²) >= 11 is 0. The highest BCUT2D eigenvalue weighted by Crippen LogP contribution is 2.24. The van der Waals surface area contributed by atoms with E-state index in [1.54, 1.807) is 12.1 Å². The Balaban J connectivity index is 1.89. The molecule has 1 aromatic rings. The predicted octanol–water partition coefficient (Wildman–Crippen LogP) is 1.05. The molecule has 7 nitrogen and oxygen atoms in total. The fourth-order valence-electron chi connectivity index (χ4n) is 2.27. The number of nitrogens with zero attached hydrogens (tertiary/aromatic N) is 2. The third kappa shape index (κ3) is 4.40. The van der Waals surface area contributed by atoms with Gasteiger partial charge < -0.3 is 5.32 Å². The summed E-state index contributed by atoms with van der Waals surface area (Å²) in [6.45, 7) is 4.15. The minimum Gasteiger partial charge on any atom is -0.378 e. The molecule has 1 saturated heterocycles. The summed E-state index contributed by atoms with van der Waals surface area (Å²) in [5, 5.41) is 14.0. The van der Waals surface area contributed by atoms with Crippen molar-refractivity contribution in [1.29, 1.82) is 0 Å². The number of hydrogen-bond acceptors (Lipinski definition) is 6. The lowest BCUT2D eigenvalue weighted by Crippen LogP contribution is -2.42. The number of nitro benzene ring substituents is 1. The van der Waals surface area contributed by atoms with Crippen LogP contribution in [0.2, 0.25) is 0 Å². The first-order chi connectivity index (χ1) is 9.87. The highest BCUT2D eigenvalue weighted by molar-refractivity contribution is 7.91. The number of hydrogen-bond donors (Lipinski definition) is 1. The summed E-state index contributed by atoms with van der Waals surface area (Å²) < 4.78 is 22.7. The Morgan fingerprint density at radius 1 is 1.33 bits per heavy atom. The molecule has 21 heavy (non-hydrogen) atoms. The van der Waals surface area contributed by atoms with E-state index < -0.39 is 14.8 Å². The van der Waals surface area contributed by atoms with Crippen LogP contribution in [-0.4, -0.2) is 55.9 Å². The molecule has 116 valence electrons. The average Bonchev–Trinajstić information content (AvgIpc) is 2.40. The number of benzene rings is 1. The van der Waals surface area contributed by atoms with Crippen molar-refractivity contribution in [3.63, 3.8) is 0 Å². The minimum absolute atomic E-state index is 0.0572. The van der Waals surface area contributed by atoms with Crippen LogP contribution in [0.5, 0.6) is 0 Å². The zero-order valence-electron chi connectivity index (χ0n) is 11.9. The molecule has 0 aromatic heterocycles. The van der Waals surface area contributed by atoms with Gasteiger partial charge in [-0.2, -0.15) is 0 Å². The van der Waals surface area contributed by atoms with E-state index in [-0.39, 0.29) is 17.2 Å². The topological polar surface area (TPSA) is 92.6 Å². The molecule has 0 saturated carbocycles. The van der Waals surface area contributed by atoms with Gasteiger partial charge in [-0.15, -0.1) is 0 Å². The van der Waals surface area contributed by atoms with Gasteiger partial charge in [-0.1, -0.05) is 6.07 Å². The second-order valence-electron chi connectivity index (χ2n) is 5.20. The molecular weight excluding hydrogens is 294 g/mol. The molecule has 0 spiro atoms. The summed E-state index contributed by atoms with van der Waals surface area (Å²) in [7, 11) is -2.87. The van der Waals surface area contributed by atoms with Crippen LogP contribution in [0.25, 0.3) is 0 Å². The average molecular weight is 313 g/mol. The molecule has 1 N–H and O–H groups in total. The number of nitro groups is 1. The molecule has 0 unspecified atom stereocenters. The van der Waals surface area contributed by atoms with Crippen LogP contribution < -0.4 is 5.32 Å². The second-order valence-corrected chi connectivity index (χ2v) is 7.50. The Hall–Kier alpha value is -1.67. The first kappa shape index (κ1) is 15.7. The van der Waals surface area contributed by atoms with Gasteiger partial charge >= 0.3 is 0 Å². The first-order valence-electron chi connectivity index (χ1n) is 6.79. The zero-order chi connectivity index (χ0) is 15.5. The monoisotopic (exact) mass is 313 g/mol. The van der Waals surface area contributed by atoms with Crippen molar-refractivity contribution in [1.82, 2.24) is 4.90 Å². The molecule has 1 fully saturated rings. The summed E-state index contributed by atoms with van der Waals surface area (Å²) in [6, 6.07) is 4.95. The molecule has 1 aromatic carbocycles. The maximum absolute atomic E-state index is 11.3. The molecule has 0 atom stereocenters. The number of anilines is 1. The van der Waals surface area contributed by atoms with E-state index in [0.29, 0.717) is 31.9 Å². The van der Waals surface area contributed by atoms with Gasteiger partial charge in [0.1, 0.15) is 5.69 Å². The van der Waals surface area contributed by atoms with Gasteiger partial charge in [0.15, 0.2) is 9.84 Å². The number of nitrogens with one attached hydrogen (secondary N) is 1. The standard InChI is InChI=1S/C13H19N3O4S/c1-11-2-3-13(16(17)18)12(10-11)14-4-5-15-6-8-21(19,20)9-7-15/h2-3,10,14H,4-9H2,1H3. The Morgan fingerprint density at radius 2 is 2.00 bits per heavy atom. The maximum Gasteiger partial charge on any atom is 0.292 e. The lowest BCUT2D eigenvalue weighted by atomic mass is 10.2. The molecule has 0 radical (unpaired) electrons. The largest absolute Gasteiger partial charge is 0.378 e. The Kier molecular flexibility index (Phi) is 4.79. The van der Waals surface area contributed by atoms with Crippen molar-refractivity contribution < 1.29 is 13.3 Å². The molecule has 0 amide bonds. The smallest absolute Gasteiger partial charge is 0.292 e. The van der Waals surface area contributed by atoms with E-state index in [0.717, 1.165) is 5.56 Å². The highest BCUT2D eigenvalue weighted by atomic mass is 32.2. The molecular formula is C13H19N3O4S.